The molecule has 1 aliphatic rings. The molecule has 31 heavy (non-hydrogen) atoms. The van der Waals surface area contributed by atoms with Gasteiger partial charge in [0.1, 0.15) is 12.4 Å². The molecule has 0 aliphatic carbocycles. The highest BCUT2D eigenvalue weighted by Gasteiger charge is 2.18. The maximum atomic E-state index is 5.90. The van der Waals surface area contributed by atoms with Crippen molar-refractivity contribution >= 4 is 47.5 Å². The Hall–Kier alpha value is -1.85. The van der Waals surface area contributed by atoms with Gasteiger partial charge in [-0.15, -0.1) is 24.0 Å². The van der Waals surface area contributed by atoms with Crippen LogP contribution in [0.15, 0.2) is 47.7 Å². The average molecular weight is 560 g/mol. The molecule has 1 N–H and O–H groups in total. The van der Waals surface area contributed by atoms with Gasteiger partial charge in [0, 0.05) is 70.8 Å². The van der Waals surface area contributed by atoms with E-state index in [9.17, 15) is 0 Å². The number of piperazine rings is 1. The molecule has 0 bridgehead atoms. The largest absolute Gasteiger partial charge is 0.492 e. The number of likely N-dealkylation sites (N-methyl/N-ethyl adjacent to an activating group) is 1. The summed E-state index contributed by atoms with van der Waals surface area (Å²) in [6, 6.07) is 9.25. The summed E-state index contributed by atoms with van der Waals surface area (Å²) in [6.07, 6.45) is 3.59. The molecular formula is C21H31ClIN7O. The van der Waals surface area contributed by atoms with Crippen molar-refractivity contribution in [3.05, 3.63) is 47.7 Å². The zero-order valence-electron chi connectivity index (χ0n) is 18.1. The first-order chi connectivity index (χ1) is 14.7. The first-order valence-electron chi connectivity index (χ1n) is 10.2. The quantitative estimate of drug-likeness (QED) is 0.303. The van der Waals surface area contributed by atoms with Gasteiger partial charge in [0.05, 0.1) is 6.54 Å². The third-order valence-electron chi connectivity index (χ3n) is 5.00. The van der Waals surface area contributed by atoms with Gasteiger partial charge >= 0.3 is 0 Å². The van der Waals surface area contributed by atoms with Crippen LogP contribution in [0.1, 0.15) is 0 Å². The first-order valence-corrected chi connectivity index (χ1v) is 10.6. The van der Waals surface area contributed by atoms with E-state index >= 15 is 0 Å². The predicted octanol–water partition coefficient (Wildman–Crippen LogP) is 2.46. The van der Waals surface area contributed by atoms with E-state index in [-0.39, 0.29) is 24.0 Å². The van der Waals surface area contributed by atoms with Crippen molar-refractivity contribution in [3.8, 4) is 5.75 Å². The summed E-state index contributed by atoms with van der Waals surface area (Å²) in [5.74, 6) is 2.50. The second kappa shape index (κ2) is 13.5. The van der Waals surface area contributed by atoms with E-state index < -0.39 is 0 Å². The van der Waals surface area contributed by atoms with Gasteiger partial charge in [-0.2, -0.15) is 0 Å². The smallest absolute Gasteiger partial charge is 0.225 e. The highest BCUT2D eigenvalue weighted by Crippen LogP contribution is 2.15. The van der Waals surface area contributed by atoms with Crippen molar-refractivity contribution in [2.45, 2.75) is 0 Å². The van der Waals surface area contributed by atoms with Crippen molar-refractivity contribution in [3.63, 3.8) is 0 Å². The van der Waals surface area contributed by atoms with Crippen LogP contribution in [-0.4, -0.2) is 92.2 Å². The number of ether oxygens (including phenoxy) is 1. The van der Waals surface area contributed by atoms with Crippen LogP contribution in [-0.2, 0) is 0 Å². The molecule has 1 aromatic heterocycles. The fourth-order valence-electron chi connectivity index (χ4n) is 3.27. The van der Waals surface area contributed by atoms with E-state index in [1.165, 1.54) is 0 Å². The molecule has 3 rings (SSSR count). The van der Waals surface area contributed by atoms with Crippen LogP contribution in [0.5, 0.6) is 5.75 Å². The molecule has 0 radical (unpaired) electrons. The number of hydrogen-bond donors (Lipinski definition) is 1. The number of nitrogens with zero attached hydrogens (tertiary/aromatic N) is 6. The minimum atomic E-state index is 0. The van der Waals surface area contributed by atoms with Gasteiger partial charge in [-0.3, -0.25) is 9.89 Å². The topological polar surface area (TPSA) is 69.1 Å². The van der Waals surface area contributed by atoms with Crippen LogP contribution >= 0.6 is 35.6 Å². The lowest BCUT2D eigenvalue weighted by molar-refractivity contribution is 0.257. The number of halogens is 2. The number of aliphatic imine (C=N–C) groups is 1. The molecule has 1 aromatic carbocycles. The Morgan fingerprint density at radius 2 is 1.84 bits per heavy atom. The second-order valence-electron chi connectivity index (χ2n) is 7.08. The van der Waals surface area contributed by atoms with Gasteiger partial charge in [-0.25, -0.2) is 9.97 Å². The molecular weight excluding hydrogens is 529 g/mol. The molecule has 1 saturated heterocycles. The number of benzene rings is 1. The average Bonchev–Trinajstić information content (AvgIpc) is 2.79. The van der Waals surface area contributed by atoms with E-state index in [2.05, 4.69) is 35.0 Å². The summed E-state index contributed by atoms with van der Waals surface area (Å²) in [5.41, 5.74) is 0. The van der Waals surface area contributed by atoms with E-state index in [4.69, 9.17) is 16.3 Å². The molecule has 0 amide bonds. The van der Waals surface area contributed by atoms with Gasteiger partial charge in [0.15, 0.2) is 5.96 Å². The van der Waals surface area contributed by atoms with E-state index in [0.29, 0.717) is 11.6 Å². The van der Waals surface area contributed by atoms with Crippen molar-refractivity contribution in [1.82, 2.24) is 25.1 Å². The van der Waals surface area contributed by atoms with Crippen molar-refractivity contribution in [1.29, 1.82) is 0 Å². The summed E-state index contributed by atoms with van der Waals surface area (Å²) in [6.45, 7) is 7.02. The second-order valence-corrected chi connectivity index (χ2v) is 7.51. The minimum Gasteiger partial charge on any atom is -0.492 e. The van der Waals surface area contributed by atoms with Crippen molar-refractivity contribution in [2.75, 3.05) is 71.4 Å². The van der Waals surface area contributed by atoms with Gasteiger partial charge in [0.25, 0.3) is 0 Å². The number of hydrogen-bond acceptors (Lipinski definition) is 6. The fraction of sp³-hybridized carbons (Fsp3) is 0.476. The van der Waals surface area contributed by atoms with Gasteiger partial charge < -0.3 is 19.9 Å². The molecule has 10 heteroatoms. The standard InChI is InChI=1S/C21H30ClN7O.HI/c1-23-20(27(2)16-17-30-19-6-4-18(22)5-7-19)26-10-11-28-12-14-29(15-13-28)21-24-8-3-9-25-21;/h3-9H,10-17H2,1-2H3,(H,23,26);1H. The fourth-order valence-corrected chi connectivity index (χ4v) is 3.40. The SMILES string of the molecule is CN=C(NCCN1CCN(c2ncccn2)CC1)N(C)CCOc1ccc(Cl)cc1.I. The lowest BCUT2D eigenvalue weighted by atomic mass is 10.3. The van der Waals surface area contributed by atoms with Crippen molar-refractivity contribution < 1.29 is 4.74 Å². The molecule has 0 saturated carbocycles. The number of aromatic nitrogens is 2. The zero-order valence-corrected chi connectivity index (χ0v) is 21.2. The Morgan fingerprint density at radius 3 is 2.48 bits per heavy atom. The molecule has 8 nitrogen and oxygen atoms in total. The number of anilines is 1. The minimum absolute atomic E-state index is 0. The molecule has 170 valence electrons. The summed E-state index contributed by atoms with van der Waals surface area (Å²) in [5, 5.41) is 4.15. The van der Waals surface area contributed by atoms with E-state index in [1.807, 2.05) is 37.4 Å². The lowest BCUT2D eigenvalue weighted by Crippen LogP contribution is -2.50. The van der Waals surface area contributed by atoms with Gasteiger partial charge in [0.2, 0.25) is 5.95 Å². The van der Waals surface area contributed by atoms with E-state index in [1.54, 1.807) is 19.4 Å². The lowest BCUT2D eigenvalue weighted by Gasteiger charge is -2.34. The zero-order chi connectivity index (χ0) is 21.2. The third kappa shape index (κ3) is 8.30. The molecule has 1 fully saturated rings. The van der Waals surface area contributed by atoms with Crippen LogP contribution in [0, 0.1) is 0 Å². The Bertz CT molecular complexity index is 786. The Labute approximate surface area is 206 Å². The highest BCUT2D eigenvalue weighted by molar-refractivity contribution is 14.0. The Morgan fingerprint density at radius 1 is 1.16 bits per heavy atom. The van der Waals surface area contributed by atoms with E-state index in [0.717, 1.165) is 63.5 Å². The summed E-state index contributed by atoms with van der Waals surface area (Å²) in [7, 11) is 3.82. The van der Waals surface area contributed by atoms with Crippen LogP contribution in [0.2, 0.25) is 5.02 Å². The predicted molar refractivity (Wildman–Crippen MR) is 137 cm³/mol. The monoisotopic (exact) mass is 559 g/mol. The number of guanidine groups is 1. The molecule has 2 aromatic rings. The Balaban J connectivity index is 0.00000341. The van der Waals surface area contributed by atoms with Crippen LogP contribution in [0.4, 0.5) is 5.95 Å². The number of rotatable bonds is 8. The Kier molecular flexibility index (Phi) is 11.1. The molecule has 0 unspecified atom stereocenters. The van der Waals surface area contributed by atoms with Gasteiger partial charge in [-0.05, 0) is 30.3 Å². The molecule has 0 atom stereocenters. The van der Waals surface area contributed by atoms with Gasteiger partial charge in [-0.1, -0.05) is 11.6 Å². The number of nitrogens with one attached hydrogen (secondary N) is 1. The third-order valence-corrected chi connectivity index (χ3v) is 5.25. The molecule has 0 spiro atoms. The maximum absolute atomic E-state index is 5.90. The molecule has 2 heterocycles. The highest BCUT2D eigenvalue weighted by atomic mass is 127. The summed E-state index contributed by atoms with van der Waals surface area (Å²) >= 11 is 5.90. The first kappa shape index (κ1) is 25.4. The van der Waals surface area contributed by atoms with Crippen LogP contribution in [0.3, 0.4) is 0 Å². The normalized spacial score (nSPS) is 14.7. The summed E-state index contributed by atoms with van der Waals surface area (Å²) in [4.78, 5) is 19.8. The molecule has 1 aliphatic heterocycles. The van der Waals surface area contributed by atoms with Crippen LogP contribution in [0.25, 0.3) is 0 Å². The maximum Gasteiger partial charge on any atom is 0.225 e. The van der Waals surface area contributed by atoms with Crippen molar-refractivity contribution in [2.24, 2.45) is 4.99 Å². The van der Waals surface area contributed by atoms with Crippen LogP contribution < -0.4 is 15.0 Å². The summed E-state index contributed by atoms with van der Waals surface area (Å²) < 4.78 is 5.77.